The molecule has 0 radical (unpaired) electrons. The largest absolute Gasteiger partial charge is 0.416 e. The van der Waals surface area contributed by atoms with Gasteiger partial charge in [0, 0.05) is 11.8 Å². The smallest absolute Gasteiger partial charge is 0.277 e. The number of benzene rings is 1. The fourth-order valence-electron chi connectivity index (χ4n) is 2.28. The lowest BCUT2D eigenvalue weighted by atomic mass is 9.97. The summed E-state index contributed by atoms with van der Waals surface area (Å²) in [6.07, 6.45) is 0.716. The highest BCUT2D eigenvalue weighted by Gasteiger charge is 2.22. The van der Waals surface area contributed by atoms with Gasteiger partial charge in [0.2, 0.25) is 11.8 Å². The molecule has 25 heavy (non-hydrogen) atoms. The van der Waals surface area contributed by atoms with Gasteiger partial charge in [-0.1, -0.05) is 74.9 Å². The SMILES string of the molecule is CC(Cc1nnc(SCc2noc(C(C)(C)C)n2)o1)c1ccccc1. The van der Waals surface area contributed by atoms with Gasteiger partial charge in [0.15, 0.2) is 5.82 Å². The monoisotopic (exact) mass is 358 g/mol. The Labute approximate surface area is 151 Å². The zero-order chi connectivity index (χ0) is 17.9. The van der Waals surface area contributed by atoms with E-state index in [0.717, 1.165) is 0 Å². The topological polar surface area (TPSA) is 77.8 Å². The third kappa shape index (κ3) is 4.69. The zero-order valence-corrected chi connectivity index (χ0v) is 15.7. The van der Waals surface area contributed by atoms with Crippen molar-refractivity contribution < 1.29 is 8.94 Å². The summed E-state index contributed by atoms with van der Waals surface area (Å²) < 4.78 is 11.0. The van der Waals surface area contributed by atoms with E-state index >= 15 is 0 Å². The Kier molecular flexibility index (Phi) is 5.22. The quantitative estimate of drug-likeness (QED) is 0.605. The molecular formula is C18H22N4O2S. The van der Waals surface area contributed by atoms with E-state index in [4.69, 9.17) is 8.94 Å². The Balaban J connectivity index is 1.56. The molecule has 2 heterocycles. The van der Waals surface area contributed by atoms with Crippen LogP contribution in [-0.4, -0.2) is 20.3 Å². The van der Waals surface area contributed by atoms with Gasteiger partial charge in [-0.25, -0.2) is 0 Å². The fourth-order valence-corrected chi connectivity index (χ4v) is 2.91. The third-order valence-corrected chi connectivity index (χ3v) is 4.55. The van der Waals surface area contributed by atoms with Crippen LogP contribution in [0.5, 0.6) is 0 Å². The molecule has 3 aromatic rings. The maximum atomic E-state index is 5.73. The summed E-state index contributed by atoms with van der Waals surface area (Å²) in [5.41, 5.74) is 1.11. The minimum absolute atomic E-state index is 0.152. The van der Waals surface area contributed by atoms with Gasteiger partial charge in [-0.15, -0.1) is 10.2 Å². The highest BCUT2D eigenvalue weighted by molar-refractivity contribution is 7.98. The zero-order valence-electron chi connectivity index (χ0n) is 14.9. The van der Waals surface area contributed by atoms with Crippen LogP contribution in [0.4, 0.5) is 0 Å². The minimum Gasteiger partial charge on any atom is -0.416 e. The molecule has 1 atom stereocenters. The van der Waals surface area contributed by atoms with Crippen LogP contribution in [0.2, 0.25) is 0 Å². The molecule has 6 nitrogen and oxygen atoms in total. The fraction of sp³-hybridized carbons (Fsp3) is 0.444. The Hall–Kier alpha value is -2.15. The number of hydrogen-bond acceptors (Lipinski definition) is 7. The molecule has 0 aliphatic carbocycles. The van der Waals surface area contributed by atoms with Crippen molar-refractivity contribution in [2.45, 2.75) is 56.4 Å². The van der Waals surface area contributed by atoms with Gasteiger partial charge in [0.1, 0.15) is 0 Å². The first-order valence-electron chi connectivity index (χ1n) is 8.25. The molecule has 0 bridgehead atoms. The van der Waals surface area contributed by atoms with Crippen LogP contribution in [0.1, 0.15) is 56.8 Å². The summed E-state index contributed by atoms with van der Waals surface area (Å²) in [4.78, 5) is 4.40. The molecular weight excluding hydrogens is 336 g/mol. The van der Waals surface area contributed by atoms with Gasteiger partial charge >= 0.3 is 0 Å². The average molecular weight is 358 g/mol. The van der Waals surface area contributed by atoms with Crippen molar-refractivity contribution in [3.8, 4) is 0 Å². The lowest BCUT2D eigenvalue weighted by Crippen LogP contribution is -2.11. The highest BCUT2D eigenvalue weighted by Crippen LogP contribution is 2.25. The van der Waals surface area contributed by atoms with E-state index in [1.165, 1.54) is 17.3 Å². The predicted octanol–water partition coefficient (Wildman–Crippen LogP) is 4.39. The van der Waals surface area contributed by atoms with Crippen molar-refractivity contribution in [2.24, 2.45) is 0 Å². The number of thioether (sulfide) groups is 1. The third-order valence-electron chi connectivity index (χ3n) is 3.73. The van der Waals surface area contributed by atoms with Crippen molar-refractivity contribution in [1.29, 1.82) is 0 Å². The van der Waals surface area contributed by atoms with E-state index in [2.05, 4.69) is 39.4 Å². The van der Waals surface area contributed by atoms with Crippen molar-refractivity contribution >= 4 is 11.8 Å². The molecule has 7 heteroatoms. The van der Waals surface area contributed by atoms with E-state index in [0.29, 0.717) is 40.9 Å². The van der Waals surface area contributed by atoms with E-state index in [-0.39, 0.29) is 5.41 Å². The molecule has 1 unspecified atom stereocenters. The summed E-state index contributed by atoms with van der Waals surface area (Å²) in [6, 6.07) is 10.3. The normalized spacial score (nSPS) is 13.1. The van der Waals surface area contributed by atoms with Crippen LogP contribution in [-0.2, 0) is 17.6 Å². The van der Waals surface area contributed by atoms with Crippen molar-refractivity contribution in [3.05, 3.63) is 53.5 Å². The molecule has 0 amide bonds. The maximum absolute atomic E-state index is 5.73. The van der Waals surface area contributed by atoms with E-state index < -0.39 is 0 Å². The second-order valence-corrected chi connectivity index (χ2v) is 7.96. The Morgan fingerprint density at radius 3 is 2.56 bits per heavy atom. The van der Waals surface area contributed by atoms with E-state index in [9.17, 15) is 0 Å². The maximum Gasteiger partial charge on any atom is 0.277 e. The van der Waals surface area contributed by atoms with E-state index in [1.807, 2.05) is 39.0 Å². The van der Waals surface area contributed by atoms with Gasteiger partial charge in [-0.3, -0.25) is 0 Å². The number of hydrogen-bond donors (Lipinski definition) is 0. The number of nitrogens with zero attached hydrogens (tertiary/aromatic N) is 4. The van der Waals surface area contributed by atoms with Crippen LogP contribution in [0.15, 0.2) is 44.5 Å². The molecule has 3 rings (SSSR count). The molecule has 0 aliphatic heterocycles. The molecule has 0 spiro atoms. The second-order valence-electron chi connectivity index (χ2n) is 7.03. The summed E-state index contributed by atoms with van der Waals surface area (Å²) >= 11 is 1.42. The molecule has 0 saturated heterocycles. The van der Waals surface area contributed by atoms with Crippen LogP contribution < -0.4 is 0 Å². The Bertz CT molecular complexity index is 808. The summed E-state index contributed by atoms with van der Waals surface area (Å²) in [5, 5.41) is 12.8. The second kappa shape index (κ2) is 7.39. The van der Waals surface area contributed by atoms with Gasteiger partial charge in [-0.2, -0.15) is 4.98 Å². The first kappa shape index (κ1) is 17.7. The first-order chi connectivity index (χ1) is 11.9. The highest BCUT2D eigenvalue weighted by atomic mass is 32.2. The van der Waals surface area contributed by atoms with Crippen LogP contribution >= 0.6 is 11.8 Å². The molecule has 0 aliphatic rings. The average Bonchev–Trinajstić information content (AvgIpc) is 3.22. The molecule has 0 fully saturated rings. The van der Waals surface area contributed by atoms with Crippen LogP contribution in [0, 0.1) is 0 Å². The van der Waals surface area contributed by atoms with Gasteiger partial charge in [-0.05, 0) is 11.5 Å². The summed E-state index contributed by atoms with van der Waals surface area (Å²) in [7, 11) is 0. The number of rotatable bonds is 6. The Morgan fingerprint density at radius 2 is 1.88 bits per heavy atom. The summed E-state index contributed by atoms with van der Waals surface area (Å²) in [6.45, 7) is 8.26. The van der Waals surface area contributed by atoms with E-state index in [1.54, 1.807) is 0 Å². The van der Waals surface area contributed by atoms with Crippen molar-refractivity contribution in [1.82, 2.24) is 20.3 Å². The van der Waals surface area contributed by atoms with Crippen LogP contribution in [0.25, 0.3) is 0 Å². The van der Waals surface area contributed by atoms with Gasteiger partial charge in [0.25, 0.3) is 5.22 Å². The van der Waals surface area contributed by atoms with Crippen molar-refractivity contribution in [3.63, 3.8) is 0 Å². The molecule has 1 aromatic carbocycles. The molecule has 0 N–H and O–H groups in total. The van der Waals surface area contributed by atoms with Crippen molar-refractivity contribution in [2.75, 3.05) is 0 Å². The predicted molar refractivity (Wildman–Crippen MR) is 95.4 cm³/mol. The lowest BCUT2D eigenvalue weighted by Gasteiger charge is -2.10. The lowest BCUT2D eigenvalue weighted by molar-refractivity contribution is 0.319. The Morgan fingerprint density at radius 1 is 1.12 bits per heavy atom. The molecule has 132 valence electrons. The molecule has 2 aromatic heterocycles. The van der Waals surface area contributed by atoms with Crippen LogP contribution in [0.3, 0.4) is 0 Å². The number of aromatic nitrogens is 4. The first-order valence-corrected chi connectivity index (χ1v) is 9.23. The summed E-state index contributed by atoms with van der Waals surface area (Å²) in [5.74, 6) is 2.77. The van der Waals surface area contributed by atoms with Gasteiger partial charge < -0.3 is 8.94 Å². The molecule has 0 saturated carbocycles. The standard InChI is InChI=1S/C18H22N4O2S/c1-12(13-8-6-5-7-9-13)10-15-20-21-17(23-15)25-11-14-19-16(24-22-14)18(2,3)4/h5-9,12H,10-11H2,1-4H3. The minimum atomic E-state index is -0.152. The van der Waals surface area contributed by atoms with Gasteiger partial charge in [0.05, 0.1) is 5.75 Å².